The summed E-state index contributed by atoms with van der Waals surface area (Å²) in [6.07, 6.45) is 0. The van der Waals surface area contributed by atoms with Crippen LogP contribution in [0.5, 0.6) is 5.75 Å². The lowest BCUT2D eigenvalue weighted by Gasteiger charge is -2.25. The Kier molecular flexibility index (Phi) is 7.29. The summed E-state index contributed by atoms with van der Waals surface area (Å²) in [6.45, 7) is 1.24. The average Bonchev–Trinajstić information content (AvgIpc) is 2.83. The molecular weight excluding hydrogens is 446 g/mol. The van der Waals surface area contributed by atoms with Crippen LogP contribution in [-0.4, -0.2) is 32.9 Å². The number of hydrogen-bond acceptors (Lipinski definition) is 6. The van der Waals surface area contributed by atoms with E-state index in [-0.39, 0.29) is 16.3 Å². The zero-order valence-electron chi connectivity index (χ0n) is 18.0. The number of methoxy groups -OCH3 is 1. The van der Waals surface area contributed by atoms with Gasteiger partial charge in [-0.15, -0.1) is 0 Å². The number of amides is 1. The molecule has 0 unspecified atom stereocenters. The molecule has 0 saturated carbocycles. The number of carbonyl (C=O) groups excluding carboxylic acids is 1. The maximum absolute atomic E-state index is 13.3. The monoisotopic (exact) mass is 469 g/mol. The number of sulfonamides is 1. The molecule has 0 saturated heterocycles. The topological polar surface area (TPSA) is 119 Å². The van der Waals surface area contributed by atoms with E-state index in [1.165, 1.54) is 43.5 Å². The molecule has 0 bridgehead atoms. The van der Waals surface area contributed by atoms with Crippen LogP contribution in [0.4, 0.5) is 11.4 Å². The molecule has 0 aliphatic heterocycles. The van der Waals surface area contributed by atoms with Crippen molar-refractivity contribution < 1.29 is 22.9 Å². The Bertz CT molecular complexity index is 1230. The Labute approximate surface area is 191 Å². The molecule has 0 heterocycles. The largest absolute Gasteiger partial charge is 0.496 e. The van der Waals surface area contributed by atoms with Crippen LogP contribution >= 0.6 is 0 Å². The molecule has 0 spiro atoms. The lowest BCUT2D eigenvalue weighted by molar-refractivity contribution is -0.384. The highest BCUT2D eigenvalue weighted by molar-refractivity contribution is 7.92. The van der Waals surface area contributed by atoms with Gasteiger partial charge >= 0.3 is 0 Å². The lowest BCUT2D eigenvalue weighted by atomic mass is 10.1. The van der Waals surface area contributed by atoms with Crippen LogP contribution in [-0.2, 0) is 14.8 Å². The molecule has 0 fully saturated rings. The van der Waals surface area contributed by atoms with Crippen molar-refractivity contribution in [2.75, 3.05) is 18.0 Å². The molecule has 3 rings (SSSR count). The molecule has 0 radical (unpaired) electrons. The van der Waals surface area contributed by atoms with Gasteiger partial charge in [0.1, 0.15) is 12.3 Å². The van der Waals surface area contributed by atoms with Gasteiger partial charge in [0, 0.05) is 17.7 Å². The van der Waals surface area contributed by atoms with Gasteiger partial charge in [0.2, 0.25) is 5.91 Å². The van der Waals surface area contributed by atoms with E-state index in [0.717, 1.165) is 9.87 Å². The van der Waals surface area contributed by atoms with Crippen LogP contribution < -0.4 is 14.4 Å². The summed E-state index contributed by atoms with van der Waals surface area (Å²) in [5.74, 6) is 0.0423. The Hall–Kier alpha value is -3.92. The fraction of sp³-hybridized carbons (Fsp3) is 0.174. The molecule has 3 aromatic carbocycles. The van der Waals surface area contributed by atoms with E-state index in [9.17, 15) is 23.3 Å². The molecule has 10 heteroatoms. The molecule has 3 aromatic rings. The number of anilines is 1. The summed E-state index contributed by atoms with van der Waals surface area (Å²) in [6, 6.07) is 19.4. The number of nitrogens with zero attached hydrogens (tertiary/aromatic N) is 2. The zero-order valence-corrected chi connectivity index (χ0v) is 18.9. The fourth-order valence-electron chi connectivity index (χ4n) is 3.29. The molecule has 172 valence electrons. The minimum atomic E-state index is -4.12. The van der Waals surface area contributed by atoms with E-state index < -0.39 is 33.4 Å². The number of hydrogen-bond donors (Lipinski definition) is 1. The second-order valence-corrected chi connectivity index (χ2v) is 8.99. The second-order valence-electron chi connectivity index (χ2n) is 7.13. The molecule has 1 amide bonds. The maximum atomic E-state index is 13.3. The molecule has 1 N–H and O–H groups in total. The molecule has 33 heavy (non-hydrogen) atoms. The maximum Gasteiger partial charge on any atom is 0.269 e. The molecule has 1 atom stereocenters. The Balaban J connectivity index is 1.91. The van der Waals surface area contributed by atoms with Crippen LogP contribution in [0.2, 0.25) is 0 Å². The minimum Gasteiger partial charge on any atom is -0.496 e. The number of nitrogens with one attached hydrogen (secondary N) is 1. The first-order valence-electron chi connectivity index (χ1n) is 9.98. The molecule has 0 aliphatic carbocycles. The van der Waals surface area contributed by atoms with Crippen molar-refractivity contribution in [3.05, 3.63) is 94.5 Å². The average molecular weight is 470 g/mol. The van der Waals surface area contributed by atoms with Gasteiger partial charge in [0.15, 0.2) is 0 Å². The van der Waals surface area contributed by atoms with E-state index in [4.69, 9.17) is 4.74 Å². The van der Waals surface area contributed by atoms with Gasteiger partial charge in [0.25, 0.3) is 15.7 Å². The van der Waals surface area contributed by atoms with Crippen LogP contribution in [0.3, 0.4) is 0 Å². The van der Waals surface area contributed by atoms with Crippen molar-refractivity contribution in [3.8, 4) is 5.75 Å². The van der Waals surface area contributed by atoms with E-state index in [0.29, 0.717) is 5.75 Å². The fourth-order valence-corrected chi connectivity index (χ4v) is 4.74. The van der Waals surface area contributed by atoms with E-state index >= 15 is 0 Å². The quantitative estimate of drug-likeness (QED) is 0.377. The van der Waals surface area contributed by atoms with Crippen LogP contribution in [0.1, 0.15) is 18.5 Å². The number of nitro benzene ring substituents is 1. The highest BCUT2D eigenvalue weighted by Crippen LogP contribution is 2.27. The van der Waals surface area contributed by atoms with Crippen LogP contribution in [0.15, 0.2) is 83.8 Å². The van der Waals surface area contributed by atoms with E-state index in [1.807, 2.05) is 6.07 Å². The van der Waals surface area contributed by atoms with E-state index in [2.05, 4.69) is 5.32 Å². The Morgan fingerprint density at radius 2 is 1.64 bits per heavy atom. The first-order chi connectivity index (χ1) is 15.7. The van der Waals surface area contributed by atoms with Crippen molar-refractivity contribution in [2.45, 2.75) is 17.9 Å². The van der Waals surface area contributed by atoms with Crippen molar-refractivity contribution in [3.63, 3.8) is 0 Å². The van der Waals surface area contributed by atoms with E-state index in [1.54, 1.807) is 43.3 Å². The first kappa shape index (κ1) is 23.7. The van der Waals surface area contributed by atoms with Crippen molar-refractivity contribution in [2.24, 2.45) is 0 Å². The second kappa shape index (κ2) is 10.1. The number of para-hydroxylation sites is 1. The summed E-state index contributed by atoms with van der Waals surface area (Å²) in [7, 11) is -2.59. The predicted molar refractivity (Wildman–Crippen MR) is 124 cm³/mol. The number of ether oxygens (including phenoxy) is 1. The molecule has 0 aliphatic rings. The van der Waals surface area contributed by atoms with Gasteiger partial charge < -0.3 is 10.1 Å². The third-order valence-electron chi connectivity index (χ3n) is 4.95. The summed E-state index contributed by atoms with van der Waals surface area (Å²) in [5.41, 5.74) is 0.677. The van der Waals surface area contributed by atoms with Crippen LogP contribution in [0.25, 0.3) is 0 Å². The third kappa shape index (κ3) is 5.47. The number of nitro groups is 1. The highest BCUT2D eigenvalue weighted by atomic mass is 32.2. The summed E-state index contributed by atoms with van der Waals surface area (Å²) >= 11 is 0. The highest BCUT2D eigenvalue weighted by Gasteiger charge is 2.28. The summed E-state index contributed by atoms with van der Waals surface area (Å²) in [5, 5.41) is 13.8. The van der Waals surface area contributed by atoms with Gasteiger partial charge in [-0.25, -0.2) is 8.42 Å². The van der Waals surface area contributed by atoms with Gasteiger partial charge in [-0.3, -0.25) is 19.2 Å². The molecular formula is C23H23N3O6S. The van der Waals surface area contributed by atoms with Crippen molar-refractivity contribution in [1.82, 2.24) is 5.32 Å². The normalized spacial score (nSPS) is 11.9. The summed E-state index contributed by atoms with van der Waals surface area (Å²) in [4.78, 5) is 23.3. The van der Waals surface area contributed by atoms with Gasteiger partial charge in [0.05, 0.1) is 28.7 Å². The Morgan fingerprint density at radius 3 is 2.24 bits per heavy atom. The smallest absolute Gasteiger partial charge is 0.269 e. The predicted octanol–water partition coefficient (Wildman–Crippen LogP) is 3.68. The SMILES string of the molecule is COc1ccccc1[C@@H](C)NC(=O)CN(c1ccc([N+](=O)[O-])cc1)S(=O)(=O)c1ccccc1. The molecule has 0 aromatic heterocycles. The first-order valence-corrected chi connectivity index (χ1v) is 11.4. The standard InChI is InChI=1S/C23H23N3O6S/c1-17(21-10-6-7-11-22(21)32-2)24-23(27)16-25(18-12-14-19(15-13-18)26(28)29)33(30,31)20-8-4-3-5-9-20/h3-15,17H,16H2,1-2H3,(H,24,27)/t17-/m1/s1. The molecule has 9 nitrogen and oxygen atoms in total. The summed E-state index contributed by atoms with van der Waals surface area (Å²) < 4.78 is 32.9. The van der Waals surface area contributed by atoms with Gasteiger partial charge in [-0.05, 0) is 37.3 Å². The van der Waals surface area contributed by atoms with Crippen molar-refractivity contribution in [1.29, 1.82) is 0 Å². The number of rotatable bonds is 9. The van der Waals surface area contributed by atoms with Crippen LogP contribution in [0, 0.1) is 10.1 Å². The number of non-ortho nitro benzene ring substituents is 1. The number of benzene rings is 3. The zero-order chi connectivity index (χ0) is 24.0. The Morgan fingerprint density at radius 1 is 1.03 bits per heavy atom. The lowest BCUT2D eigenvalue weighted by Crippen LogP contribution is -2.41. The third-order valence-corrected chi connectivity index (χ3v) is 6.74. The van der Waals surface area contributed by atoms with Gasteiger partial charge in [-0.1, -0.05) is 36.4 Å². The van der Waals surface area contributed by atoms with Crippen molar-refractivity contribution >= 4 is 27.3 Å². The number of carbonyl (C=O) groups is 1. The van der Waals surface area contributed by atoms with Gasteiger partial charge in [-0.2, -0.15) is 0 Å². The minimum absolute atomic E-state index is 0.00562.